The molecule has 2 aliphatic heterocycles. The smallest absolute Gasteiger partial charge is 0.320 e. The fourth-order valence-electron chi connectivity index (χ4n) is 2.99. The maximum Gasteiger partial charge on any atom is 0.320 e. The molecule has 17 heavy (non-hydrogen) atoms. The summed E-state index contributed by atoms with van der Waals surface area (Å²) in [5.41, 5.74) is 0. The molecule has 0 aromatic carbocycles. The summed E-state index contributed by atoms with van der Waals surface area (Å²) >= 11 is 0. The van der Waals surface area contributed by atoms with Gasteiger partial charge in [-0.2, -0.15) is 0 Å². The van der Waals surface area contributed by atoms with Crippen LogP contribution in [0.4, 0.5) is 4.79 Å². The van der Waals surface area contributed by atoms with Gasteiger partial charge in [-0.3, -0.25) is 0 Å². The zero-order chi connectivity index (χ0) is 12.4. The zero-order valence-corrected chi connectivity index (χ0v) is 11.5. The van der Waals surface area contributed by atoms with Crippen molar-refractivity contribution >= 4 is 6.03 Å². The predicted molar refractivity (Wildman–Crippen MR) is 69.9 cm³/mol. The van der Waals surface area contributed by atoms with Crippen LogP contribution >= 0.6 is 0 Å². The van der Waals surface area contributed by atoms with E-state index in [1.165, 1.54) is 25.7 Å². The molecule has 2 fully saturated rings. The summed E-state index contributed by atoms with van der Waals surface area (Å²) in [5.74, 6) is 1.44. The Hall–Kier alpha value is -0.730. The summed E-state index contributed by atoms with van der Waals surface area (Å²) in [6.07, 6.45) is 4.77. The highest BCUT2D eigenvalue weighted by molar-refractivity contribution is 5.75. The fourth-order valence-corrected chi connectivity index (χ4v) is 2.99. The van der Waals surface area contributed by atoms with Gasteiger partial charge in [0.05, 0.1) is 0 Å². The van der Waals surface area contributed by atoms with Gasteiger partial charge in [-0.05, 0) is 44.4 Å². The Morgan fingerprint density at radius 3 is 2.29 bits per heavy atom. The van der Waals surface area contributed by atoms with E-state index >= 15 is 0 Å². The lowest BCUT2D eigenvalue weighted by Gasteiger charge is -2.42. The van der Waals surface area contributed by atoms with Crippen LogP contribution in [0.15, 0.2) is 0 Å². The second-order valence-electron chi connectivity index (χ2n) is 6.01. The highest BCUT2D eigenvalue weighted by Crippen LogP contribution is 2.25. The summed E-state index contributed by atoms with van der Waals surface area (Å²) in [4.78, 5) is 16.6. The van der Waals surface area contributed by atoms with Gasteiger partial charge in [0.1, 0.15) is 0 Å². The van der Waals surface area contributed by atoms with Crippen LogP contribution in [0, 0.1) is 11.8 Å². The third-order valence-electron chi connectivity index (χ3n) is 4.67. The van der Waals surface area contributed by atoms with Crippen LogP contribution in [0.25, 0.3) is 0 Å². The van der Waals surface area contributed by atoms with E-state index in [0.717, 1.165) is 25.6 Å². The first kappa shape index (κ1) is 12.7. The molecule has 2 unspecified atom stereocenters. The van der Waals surface area contributed by atoms with E-state index < -0.39 is 0 Å². The van der Waals surface area contributed by atoms with Gasteiger partial charge >= 0.3 is 6.03 Å². The maximum atomic E-state index is 12.5. The van der Waals surface area contributed by atoms with Crippen molar-refractivity contribution in [3.05, 3.63) is 0 Å². The number of rotatable bonds is 0. The molecule has 2 aliphatic rings. The lowest BCUT2D eigenvalue weighted by molar-refractivity contribution is 0.0889. The second kappa shape index (κ2) is 5.28. The quantitative estimate of drug-likeness (QED) is 0.636. The standard InChI is InChI=1S/C14H26N2O/c1-11-6-9-15(10-7-11)14(17)16-8-4-5-12(2)13(16)3/h11-13H,4-10H2,1-3H3. The van der Waals surface area contributed by atoms with Gasteiger partial charge in [-0.15, -0.1) is 0 Å². The molecule has 0 bridgehead atoms. The Kier molecular flexibility index (Phi) is 3.95. The molecular weight excluding hydrogens is 212 g/mol. The molecule has 0 aliphatic carbocycles. The average molecular weight is 238 g/mol. The summed E-state index contributed by atoms with van der Waals surface area (Å²) in [6.45, 7) is 9.62. The Morgan fingerprint density at radius 1 is 1.00 bits per heavy atom. The van der Waals surface area contributed by atoms with E-state index in [1.54, 1.807) is 0 Å². The molecule has 2 heterocycles. The van der Waals surface area contributed by atoms with Crippen molar-refractivity contribution in [1.82, 2.24) is 9.80 Å². The molecule has 0 spiro atoms. The molecule has 0 radical (unpaired) electrons. The number of carbonyl (C=O) groups excluding carboxylic acids is 1. The summed E-state index contributed by atoms with van der Waals surface area (Å²) in [5, 5.41) is 0. The molecule has 3 heteroatoms. The SMILES string of the molecule is CC1CCN(C(=O)N2CCCC(C)C2C)CC1. The predicted octanol–water partition coefficient (Wildman–Crippen LogP) is 2.96. The Labute approximate surface area is 105 Å². The molecular formula is C14H26N2O. The molecule has 3 nitrogen and oxygen atoms in total. The summed E-state index contributed by atoms with van der Waals surface area (Å²) < 4.78 is 0. The highest BCUT2D eigenvalue weighted by Gasteiger charge is 2.32. The van der Waals surface area contributed by atoms with Crippen LogP contribution < -0.4 is 0 Å². The molecule has 0 aromatic rings. The highest BCUT2D eigenvalue weighted by atomic mass is 16.2. The van der Waals surface area contributed by atoms with Gasteiger partial charge in [0.25, 0.3) is 0 Å². The van der Waals surface area contributed by atoms with Gasteiger partial charge in [0.15, 0.2) is 0 Å². The van der Waals surface area contributed by atoms with Crippen LogP contribution in [0.3, 0.4) is 0 Å². The van der Waals surface area contributed by atoms with Gasteiger partial charge in [-0.25, -0.2) is 4.79 Å². The first-order valence-electron chi connectivity index (χ1n) is 7.15. The minimum absolute atomic E-state index is 0.288. The zero-order valence-electron chi connectivity index (χ0n) is 11.5. The lowest BCUT2D eigenvalue weighted by atomic mass is 9.92. The summed E-state index contributed by atoms with van der Waals surface area (Å²) in [7, 11) is 0. The number of likely N-dealkylation sites (tertiary alicyclic amines) is 2. The number of piperidine rings is 2. The van der Waals surface area contributed by atoms with Gasteiger partial charge in [0, 0.05) is 25.7 Å². The topological polar surface area (TPSA) is 23.6 Å². The monoisotopic (exact) mass is 238 g/mol. The Bertz CT molecular complexity index is 271. The normalized spacial score (nSPS) is 31.7. The number of amides is 2. The molecule has 0 saturated carbocycles. The van der Waals surface area contributed by atoms with Gasteiger partial charge in [-0.1, -0.05) is 13.8 Å². The van der Waals surface area contributed by atoms with E-state index in [-0.39, 0.29) is 6.03 Å². The van der Waals surface area contributed by atoms with E-state index in [4.69, 9.17) is 0 Å². The van der Waals surface area contributed by atoms with Crippen molar-refractivity contribution in [2.45, 2.75) is 52.5 Å². The maximum absolute atomic E-state index is 12.5. The van der Waals surface area contributed by atoms with E-state index in [9.17, 15) is 4.79 Å². The third-order valence-corrected chi connectivity index (χ3v) is 4.67. The van der Waals surface area contributed by atoms with Crippen molar-refractivity contribution in [3.8, 4) is 0 Å². The van der Waals surface area contributed by atoms with Crippen LogP contribution in [0.1, 0.15) is 46.5 Å². The minimum Gasteiger partial charge on any atom is -0.325 e. The van der Waals surface area contributed by atoms with Crippen molar-refractivity contribution in [3.63, 3.8) is 0 Å². The van der Waals surface area contributed by atoms with E-state index in [2.05, 4.69) is 30.6 Å². The fraction of sp³-hybridized carbons (Fsp3) is 0.929. The number of hydrogen-bond acceptors (Lipinski definition) is 1. The number of carbonyl (C=O) groups is 1. The molecule has 0 aromatic heterocycles. The van der Waals surface area contributed by atoms with E-state index in [1.807, 2.05) is 0 Å². The molecule has 2 rings (SSSR count). The number of hydrogen-bond donors (Lipinski definition) is 0. The Morgan fingerprint density at radius 2 is 1.65 bits per heavy atom. The van der Waals surface area contributed by atoms with Crippen LogP contribution in [-0.4, -0.2) is 41.5 Å². The van der Waals surface area contributed by atoms with Crippen LogP contribution in [-0.2, 0) is 0 Å². The molecule has 0 N–H and O–H groups in total. The van der Waals surface area contributed by atoms with Crippen LogP contribution in [0.5, 0.6) is 0 Å². The first-order valence-corrected chi connectivity index (χ1v) is 7.15. The van der Waals surface area contributed by atoms with E-state index in [0.29, 0.717) is 12.0 Å². The molecule has 98 valence electrons. The number of nitrogens with zero attached hydrogens (tertiary/aromatic N) is 2. The third kappa shape index (κ3) is 2.75. The second-order valence-corrected chi connectivity index (χ2v) is 6.01. The van der Waals surface area contributed by atoms with Gasteiger partial charge in [0.2, 0.25) is 0 Å². The van der Waals surface area contributed by atoms with Crippen molar-refractivity contribution < 1.29 is 4.79 Å². The lowest BCUT2D eigenvalue weighted by Crippen LogP contribution is -2.53. The van der Waals surface area contributed by atoms with Gasteiger partial charge < -0.3 is 9.80 Å². The van der Waals surface area contributed by atoms with Crippen molar-refractivity contribution in [1.29, 1.82) is 0 Å². The number of urea groups is 1. The molecule has 2 amide bonds. The largest absolute Gasteiger partial charge is 0.325 e. The first-order chi connectivity index (χ1) is 8.09. The molecule has 2 atom stereocenters. The summed E-state index contributed by atoms with van der Waals surface area (Å²) in [6, 6.07) is 0.701. The molecule has 2 saturated heterocycles. The minimum atomic E-state index is 0.288. The average Bonchev–Trinajstić information content (AvgIpc) is 2.33. The van der Waals surface area contributed by atoms with Crippen molar-refractivity contribution in [2.24, 2.45) is 11.8 Å². The van der Waals surface area contributed by atoms with Crippen LogP contribution in [0.2, 0.25) is 0 Å². The van der Waals surface area contributed by atoms with Crippen molar-refractivity contribution in [2.75, 3.05) is 19.6 Å². The Balaban J connectivity index is 1.94.